The molecule has 0 amide bonds. The Morgan fingerprint density at radius 3 is 2.14 bits per heavy atom. The summed E-state index contributed by atoms with van der Waals surface area (Å²) in [5.41, 5.74) is 5.29. The highest BCUT2D eigenvalue weighted by Gasteiger charge is 2.34. The summed E-state index contributed by atoms with van der Waals surface area (Å²) in [6.45, 7) is 4.10. The summed E-state index contributed by atoms with van der Waals surface area (Å²) in [6, 6.07) is 22.9. The zero-order chi connectivity index (χ0) is 20.5. The van der Waals surface area contributed by atoms with Crippen molar-refractivity contribution in [2.45, 2.75) is 26.2 Å². The Morgan fingerprint density at radius 1 is 0.793 bits per heavy atom. The van der Waals surface area contributed by atoms with E-state index >= 15 is 0 Å². The number of hydrogen-bond donors (Lipinski definition) is 1. The first kappa shape index (κ1) is 18.9. The fourth-order valence-corrected chi connectivity index (χ4v) is 4.12. The minimum atomic E-state index is -0.619. The lowest BCUT2D eigenvalue weighted by atomic mass is 9.79. The molecule has 3 aromatic carbocycles. The van der Waals surface area contributed by atoms with E-state index in [2.05, 4.69) is 25.1 Å². The van der Waals surface area contributed by atoms with Crippen LogP contribution in [0.3, 0.4) is 0 Å². The maximum atomic E-state index is 12.9. The number of rotatable bonds is 4. The van der Waals surface area contributed by atoms with E-state index in [-0.39, 0.29) is 29.2 Å². The summed E-state index contributed by atoms with van der Waals surface area (Å²) in [6.07, 6.45) is 0.263. The number of allylic oxidation sites excluding steroid dienone is 1. The fourth-order valence-electron chi connectivity index (χ4n) is 4.12. The molecule has 0 spiro atoms. The first-order valence-corrected chi connectivity index (χ1v) is 9.70. The summed E-state index contributed by atoms with van der Waals surface area (Å²) in [4.78, 5) is 25.5. The van der Waals surface area contributed by atoms with E-state index in [4.69, 9.17) is 0 Å². The molecule has 29 heavy (non-hydrogen) atoms. The van der Waals surface area contributed by atoms with Crippen molar-refractivity contribution in [1.82, 2.24) is 0 Å². The minimum absolute atomic E-state index is 0.0871. The van der Waals surface area contributed by atoms with E-state index in [1.807, 2.05) is 37.3 Å². The number of carbonyl (C=O) groups is 2. The fraction of sp³-hybridized carbons (Fsp3) is 0.154. The van der Waals surface area contributed by atoms with E-state index in [9.17, 15) is 14.7 Å². The molecule has 0 fully saturated rings. The molecule has 1 aliphatic rings. The van der Waals surface area contributed by atoms with Gasteiger partial charge in [-0.25, -0.2) is 0 Å². The van der Waals surface area contributed by atoms with Gasteiger partial charge in [-0.3, -0.25) is 9.59 Å². The second-order valence-electron chi connectivity index (χ2n) is 7.56. The molecule has 3 heteroatoms. The molecular weight excluding hydrogens is 360 g/mol. The third-order valence-electron chi connectivity index (χ3n) is 5.60. The zero-order valence-electron chi connectivity index (χ0n) is 16.5. The number of aliphatic hydroxyl groups excluding tert-OH is 1. The highest BCUT2D eigenvalue weighted by Crippen LogP contribution is 2.38. The predicted octanol–water partition coefficient (Wildman–Crippen LogP) is 5.56. The SMILES string of the molecule is Cc1ccc(C(CC2=C(O)c3ccccc3C(=O)C2=O)c2ccccc2)c(C)c1. The second kappa shape index (κ2) is 7.51. The Kier molecular flexibility index (Phi) is 4.89. The molecule has 0 aromatic heterocycles. The van der Waals surface area contributed by atoms with Crippen LogP contribution in [-0.2, 0) is 4.79 Å². The van der Waals surface area contributed by atoms with Crippen molar-refractivity contribution in [2.24, 2.45) is 0 Å². The molecule has 1 N–H and O–H groups in total. The van der Waals surface area contributed by atoms with Gasteiger partial charge < -0.3 is 5.11 Å². The van der Waals surface area contributed by atoms with Crippen molar-refractivity contribution < 1.29 is 14.7 Å². The number of aryl methyl sites for hydroxylation is 2. The average Bonchev–Trinajstić information content (AvgIpc) is 2.74. The monoisotopic (exact) mass is 382 g/mol. The molecule has 1 aliphatic carbocycles. The van der Waals surface area contributed by atoms with Gasteiger partial charge in [-0.15, -0.1) is 0 Å². The van der Waals surface area contributed by atoms with Gasteiger partial charge in [0, 0.05) is 22.6 Å². The summed E-state index contributed by atoms with van der Waals surface area (Å²) in [7, 11) is 0. The van der Waals surface area contributed by atoms with Crippen LogP contribution in [0.25, 0.3) is 5.76 Å². The van der Waals surface area contributed by atoms with E-state index in [0.29, 0.717) is 5.56 Å². The number of benzene rings is 3. The van der Waals surface area contributed by atoms with Gasteiger partial charge in [-0.05, 0) is 37.0 Å². The number of carbonyl (C=O) groups excluding carboxylic acids is 2. The van der Waals surface area contributed by atoms with Gasteiger partial charge in [-0.2, -0.15) is 0 Å². The molecule has 0 heterocycles. The van der Waals surface area contributed by atoms with Gasteiger partial charge in [0.15, 0.2) is 0 Å². The van der Waals surface area contributed by atoms with Crippen LogP contribution >= 0.6 is 0 Å². The van der Waals surface area contributed by atoms with E-state index in [1.54, 1.807) is 24.3 Å². The second-order valence-corrected chi connectivity index (χ2v) is 7.56. The molecule has 0 saturated heterocycles. The standard InChI is InChI=1S/C26H22O3/c1-16-12-13-19(17(2)14-16)22(18-8-4-3-5-9-18)15-23-24(27)20-10-6-7-11-21(20)25(28)26(23)29/h3-14,22,27H,15H2,1-2H3. The number of aliphatic hydroxyl groups is 1. The van der Waals surface area contributed by atoms with Crippen LogP contribution in [0.4, 0.5) is 0 Å². The number of fused-ring (bicyclic) bond motifs is 1. The first-order valence-electron chi connectivity index (χ1n) is 9.70. The van der Waals surface area contributed by atoms with Crippen LogP contribution in [0.1, 0.15) is 50.5 Å². The largest absolute Gasteiger partial charge is 0.507 e. The Hall–Kier alpha value is -3.46. The van der Waals surface area contributed by atoms with Crippen LogP contribution in [0.15, 0.2) is 78.4 Å². The Labute approximate surface area is 170 Å². The van der Waals surface area contributed by atoms with Crippen molar-refractivity contribution in [3.8, 4) is 0 Å². The van der Waals surface area contributed by atoms with Crippen molar-refractivity contribution >= 4 is 17.3 Å². The van der Waals surface area contributed by atoms with Crippen LogP contribution in [0.5, 0.6) is 0 Å². The highest BCUT2D eigenvalue weighted by molar-refractivity contribution is 6.52. The lowest BCUT2D eigenvalue weighted by Gasteiger charge is -2.24. The average molecular weight is 382 g/mol. The summed E-state index contributed by atoms with van der Waals surface area (Å²) < 4.78 is 0. The number of ketones is 2. The van der Waals surface area contributed by atoms with Crippen LogP contribution in [0, 0.1) is 13.8 Å². The van der Waals surface area contributed by atoms with Gasteiger partial charge in [0.2, 0.25) is 11.6 Å². The van der Waals surface area contributed by atoms with E-state index in [1.165, 1.54) is 0 Å². The van der Waals surface area contributed by atoms with E-state index < -0.39 is 11.6 Å². The Balaban J connectivity index is 1.85. The number of Topliss-reactive ketones (excluding diaryl/α,β-unsaturated/α-hetero) is 2. The molecule has 0 aliphatic heterocycles. The third-order valence-corrected chi connectivity index (χ3v) is 5.60. The Morgan fingerprint density at radius 2 is 1.45 bits per heavy atom. The summed E-state index contributed by atoms with van der Waals surface area (Å²) in [5, 5.41) is 10.9. The Bertz CT molecular complexity index is 1140. The highest BCUT2D eigenvalue weighted by atomic mass is 16.3. The smallest absolute Gasteiger partial charge is 0.234 e. The molecule has 0 radical (unpaired) electrons. The van der Waals surface area contributed by atoms with Crippen LogP contribution < -0.4 is 0 Å². The van der Waals surface area contributed by atoms with Crippen molar-refractivity contribution in [1.29, 1.82) is 0 Å². The van der Waals surface area contributed by atoms with Gasteiger partial charge >= 0.3 is 0 Å². The van der Waals surface area contributed by atoms with Gasteiger partial charge in [0.1, 0.15) is 5.76 Å². The molecule has 144 valence electrons. The van der Waals surface area contributed by atoms with Crippen LogP contribution in [-0.4, -0.2) is 16.7 Å². The molecule has 1 atom stereocenters. The quantitative estimate of drug-likeness (QED) is 0.601. The molecular formula is C26H22O3. The predicted molar refractivity (Wildman–Crippen MR) is 114 cm³/mol. The third kappa shape index (κ3) is 3.40. The first-order chi connectivity index (χ1) is 14.0. The maximum absolute atomic E-state index is 12.9. The maximum Gasteiger partial charge on any atom is 0.234 e. The van der Waals surface area contributed by atoms with Gasteiger partial charge in [0.25, 0.3) is 0 Å². The molecule has 0 bridgehead atoms. The van der Waals surface area contributed by atoms with Crippen molar-refractivity contribution in [2.75, 3.05) is 0 Å². The summed E-state index contributed by atoms with van der Waals surface area (Å²) in [5.74, 6) is -1.40. The molecule has 1 unspecified atom stereocenters. The lowest BCUT2D eigenvalue weighted by Crippen LogP contribution is -2.25. The minimum Gasteiger partial charge on any atom is -0.507 e. The molecule has 0 saturated carbocycles. The van der Waals surface area contributed by atoms with Gasteiger partial charge in [-0.1, -0.05) is 78.4 Å². The van der Waals surface area contributed by atoms with E-state index in [0.717, 1.165) is 22.3 Å². The van der Waals surface area contributed by atoms with Crippen molar-refractivity contribution in [3.63, 3.8) is 0 Å². The molecule has 3 aromatic rings. The zero-order valence-corrected chi connectivity index (χ0v) is 16.5. The summed E-state index contributed by atoms with van der Waals surface area (Å²) >= 11 is 0. The normalized spacial score (nSPS) is 14.7. The lowest BCUT2D eigenvalue weighted by molar-refractivity contribution is -0.112. The number of hydrogen-bond acceptors (Lipinski definition) is 3. The molecule has 3 nitrogen and oxygen atoms in total. The topological polar surface area (TPSA) is 54.4 Å². The molecule has 4 rings (SSSR count). The van der Waals surface area contributed by atoms with Crippen molar-refractivity contribution in [3.05, 3.63) is 112 Å². The van der Waals surface area contributed by atoms with Crippen LogP contribution in [0.2, 0.25) is 0 Å². The van der Waals surface area contributed by atoms with Gasteiger partial charge in [0.05, 0.1) is 0 Å².